The van der Waals surface area contributed by atoms with E-state index in [-0.39, 0.29) is 24.1 Å². The number of nitrogens with zero attached hydrogens (tertiary/aromatic N) is 1. The van der Waals surface area contributed by atoms with Crippen molar-refractivity contribution < 1.29 is 23.8 Å². The van der Waals surface area contributed by atoms with Crippen molar-refractivity contribution in [2.75, 3.05) is 6.54 Å². The molecule has 0 spiro atoms. The molecule has 2 atom stereocenters. The molecule has 0 aromatic heterocycles. The van der Waals surface area contributed by atoms with E-state index >= 15 is 0 Å². The number of ether oxygens (including phenoxy) is 1. The largest absolute Gasteiger partial charge is 0.481 e. The first-order chi connectivity index (χ1) is 9.97. The highest BCUT2D eigenvalue weighted by Crippen LogP contribution is 2.22. The molecule has 0 bridgehead atoms. The number of likely N-dealkylation sites (tertiary alicyclic amines) is 1. The van der Waals surface area contributed by atoms with Crippen molar-refractivity contribution in [1.82, 2.24) is 4.90 Å². The molecule has 1 aliphatic heterocycles. The van der Waals surface area contributed by atoms with Crippen LogP contribution in [0.3, 0.4) is 0 Å². The van der Waals surface area contributed by atoms with Gasteiger partial charge in [-0.25, -0.2) is 4.39 Å². The molecule has 1 saturated heterocycles. The molecule has 1 heterocycles. The Morgan fingerprint density at radius 2 is 2.29 bits per heavy atom. The van der Waals surface area contributed by atoms with Crippen LogP contribution < -0.4 is 4.74 Å². The van der Waals surface area contributed by atoms with Crippen LogP contribution in [0.2, 0.25) is 0 Å². The molecule has 1 aromatic carbocycles. The van der Waals surface area contributed by atoms with Crippen molar-refractivity contribution >= 4 is 11.9 Å². The fourth-order valence-electron chi connectivity index (χ4n) is 2.57. The quantitative estimate of drug-likeness (QED) is 0.903. The van der Waals surface area contributed by atoms with Gasteiger partial charge in [-0.1, -0.05) is 6.07 Å². The first-order valence-electron chi connectivity index (χ1n) is 6.92. The summed E-state index contributed by atoms with van der Waals surface area (Å²) in [6, 6.07) is 5.30. The average Bonchev–Trinajstić information content (AvgIpc) is 2.85. The number of hydrogen-bond acceptors (Lipinski definition) is 3. The van der Waals surface area contributed by atoms with Crippen LogP contribution in [-0.2, 0) is 9.59 Å². The summed E-state index contributed by atoms with van der Waals surface area (Å²) in [7, 11) is 0. The zero-order valence-corrected chi connectivity index (χ0v) is 11.8. The van der Waals surface area contributed by atoms with E-state index in [4.69, 9.17) is 9.84 Å². The summed E-state index contributed by atoms with van der Waals surface area (Å²) in [6.07, 6.45) is 0.640. The van der Waals surface area contributed by atoms with Crippen LogP contribution in [0.1, 0.15) is 26.2 Å². The number of carbonyl (C=O) groups excluding carboxylic acids is 1. The topological polar surface area (TPSA) is 66.8 Å². The highest BCUT2D eigenvalue weighted by atomic mass is 19.1. The molecule has 2 unspecified atom stereocenters. The summed E-state index contributed by atoms with van der Waals surface area (Å²) in [5.41, 5.74) is 0. The minimum absolute atomic E-state index is 0.0571. The zero-order valence-electron chi connectivity index (χ0n) is 11.8. The first-order valence-corrected chi connectivity index (χ1v) is 6.92. The molecule has 2 rings (SSSR count). The van der Waals surface area contributed by atoms with Gasteiger partial charge in [0.2, 0.25) is 0 Å². The van der Waals surface area contributed by atoms with E-state index < -0.39 is 17.9 Å². The van der Waals surface area contributed by atoms with E-state index in [1.807, 2.05) is 0 Å². The molecule has 114 valence electrons. The molecule has 1 N–H and O–H groups in total. The summed E-state index contributed by atoms with van der Waals surface area (Å²) in [5, 5.41) is 8.87. The fraction of sp³-hybridized carbons (Fsp3) is 0.467. The number of rotatable bonds is 5. The molecule has 1 fully saturated rings. The van der Waals surface area contributed by atoms with Gasteiger partial charge in [0.25, 0.3) is 5.91 Å². The second-order valence-electron chi connectivity index (χ2n) is 5.14. The predicted octanol–water partition coefficient (Wildman–Crippen LogP) is 2.06. The molecular weight excluding hydrogens is 277 g/mol. The monoisotopic (exact) mass is 295 g/mol. The van der Waals surface area contributed by atoms with Crippen molar-refractivity contribution in [3.63, 3.8) is 0 Å². The predicted molar refractivity (Wildman–Crippen MR) is 73.5 cm³/mol. The molecule has 1 aliphatic rings. The number of benzene rings is 1. The average molecular weight is 295 g/mol. The molecule has 6 heteroatoms. The Morgan fingerprint density at radius 1 is 1.52 bits per heavy atom. The Morgan fingerprint density at radius 3 is 2.95 bits per heavy atom. The lowest BCUT2D eigenvalue weighted by atomic mass is 10.1. The van der Waals surface area contributed by atoms with Crippen LogP contribution in [-0.4, -0.2) is 40.6 Å². The van der Waals surface area contributed by atoms with Gasteiger partial charge >= 0.3 is 5.97 Å². The van der Waals surface area contributed by atoms with Gasteiger partial charge in [-0.15, -0.1) is 0 Å². The van der Waals surface area contributed by atoms with Gasteiger partial charge in [-0.3, -0.25) is 9.59 Å². The number of halogens is 1. The number of aliphatic carboxylic acids is 1. The Hall–Kier alpha value is -2.11. The van der Waals surface area contributed by atoms with Crippen LogP contribution in [0.5, 0.6) is 5.75 Å². The van der Waals surface area contributed by atoms with Crippen LogP contribution in [0, 0.1) is 5.82 Å². The molecule has 0 radical (unpaired) electrons. The van der Waals surface area contributed by atoms with Gasteiger partial charge in [-0.2, -0.15) is 0 Å². The van der Waals surface area contributed by atoms with Gasteiger partial charge in [0.15, 0.2) is 6.10 Å². The summed E-state index contributed by atoms with van der Waals surface area (Å²) in [5.74, 6) is -1.33. The smallest absolute Gasteiger partial charge is 0.305 e. The van der Waals surface area contributed by atoms with E-state index in [0.29, 0.717) is 13.0 Å². The second-order valence-corrected chi connectivity index (χ2v) is 5.14. The Balaban J connectivity index is 1.99. The standard InChI is InChI=1S/C15H18FNO4/c1-10(21-13-6-2-4-11(16)8-13)15(20)17-7-3-5-12(17)9-14(18)19/h2,4,6,8,10,12H,3,5,7,9H2,1H3,(H,18,19). The first kappa shape index (κ1) is 15.3. The van der Waals surface area contributed by atoms with Gasteiger partial charge in [0, 0.05) is 18.7 Å². The minimum Gasteiger partial charge on any atom is -0.481 e. The minimum atomic E-state index is -0.918. The van der Waals surface area contributed by atoms with Gasteiger partial charge in [0.1, 0.15) is 11.6 Å². The maximum Gasteiger partial charge on any atom is 0.305 e. The Bertz CT molecular complexity index is 534. The van der Waals surface area contributed by atoms with E-state index in [1.54, 1.807) is 17.9 Å². The number of carboxylic acid groups (broad SMARTS) is 1. The van der Waals surface area contributed by atoms with E-state index in [9.17, 15) is 14.0 Å². The van der Waals surface area contributed by atoms with E-state index in [1.165, 1.54) is 18.2 Å². The molecule has 21 heavy (non-hydrogen) atoms. The van der Waals surface area contributed by atoms with Crippen molar-refractivity contribution in [2.24, 2.45) is 0 Å². The third-order valence-corrected chi connectivity index (χ3v) is 3.53. The number of hydrogen-bond donors (Lipinski definition) is 1. The number of carbonyl (C=O) groups is 2. The van der Waals surface area contributed by atoms with Crippen LogP contribution in [0.25, 0.3) is 0 Å². The van der Waals surface area contributed by atoms with Crippen molar-refractivity contribution in [1.29, 1.82) is 0 Å². The van der Waals surface area contributed by atoms with E-state index in [2.05, 4.69) is 0 Å². The summed E-state index contributed by atoms with van der Waals surface area (Å²) >= 11 is 0. The highest BCUT2D eigenvalue weighted by Gasteiger charge is 2.33. The lowest BCUT2D eigenvalue weighted by molar-refractivity contribution is -0.142. The lowest BCUT2D eigenvalue weighted by Crippen LogP contribution is -2.43. The van der Waals surface area contributed by atoms with Crippen molar-refractivity contribution in [3.05, 3.63) is 30.1 Å². The van der Waals surface area contributed by atoms with Crippen molar-refractivity contribution in [3.8, 4) is 5.75 Å². The Kier molecular flexibility index (Phi) is 4.77. The van der Waals surface area contributed by atoms with Gasteiger partial charge < -0.3 is 14.7 Å². The molecular formula is C15H18FNO4. The van der Waals surface area contributed by atoms with E-state index in [0.717, 1.165) is 6.42 Å². The third-order valence-electron chi connectivity index (χ3n) is 3.53. The Labute approximate surface area is 122 Å². The normalized spacial score (nSPS) is 19.3. The van der Waals surface area contributed by atoms with Crippen LogP contribution >= 0.6 is 0 Å². The summed E-state index contributed by atoms with van der Waals surface area (Å²) < 4.78 is 18.5. The van der Waals surface area contributed by atoms with Crippen LogP contribution in [0.4, 0.5) is 4.39 Å². The lowest BCUT2D eigenvalue weighted by Gasteiger charge is -2.26. The highest BCUT2D eigenvalue weighted by molar-refractivity contribution is 5.82. The molecule has 0 aliphatic carbocycles. The van der Waals surface area contributed by atoms with Gasteiger partial charge in [-0.05, 0) is 31.9 Å². The van der Waals surface area contributed by atoms with Gasteiger partial charge in [0.05, 0.1) is 6.42 Å². The third kappa shape index (κ3) is 3.93. The number of carboxylic acids is 1. The molecule has 1 amide bonds. The van der Waals surface area contributed by atoms with Crippen molar-refractivity contribution in [2.45, 2.75) is 38.3 Å². The summed E-state index contributed by atoms with van der Waals surface area (Å²) in [6.45, 7) is 2.12. The maximum atomic E-state index is 13.1. The second kappa shape index (κ2) is 6.56. The maximum absolute atomic E-state index is 13.1. The van der Waals surface area contributed by atoms with Crippen LogP contribution in [0.15, 0.2) is 24.3 Å². The number of amides is 1. The molecule has 1 aromatic rings. The molecule has 0 saturated carbocycles. The fourth-order valence-corrected chi connectivity index (χ4v) is 2.57. The SMILES string of the molecule is CC(Oc1cccc(F)c1)C(=O)N1CCCC1CC(=O)O. The zero-order chi connectivity index (χ0) is 15.4. The summed E-state index contributed by atoms with van der Waals surface area (Å²) in [4.78, 5) is 24.7. The molecule has 5 nitrogen and oxygen atoms in total.